The Morgan fingerprint density at radius 1 is 1.10 bits per heavy atom. The van der Waals surface area contributed by atoms with Crippen LogP contribution in [0, 0.1) is 11.2 Å². The molecule has 0 spiro atoms. The molecule has 0 aliphatic carbocycles. The van der Waals surface area contributed by atoms with Gasteiger partial charge in [-0.1, -0.05) is 30.3 Å². The van der Waals surface area contributed by atoms with Crippen molar-refractivity contribution < 1.29 is 14.0 Å². The van der Waals surface area contributed by atoms with E-state index in [1.165, 1.54) is 23.8 Å². The van der Waals surface area contributed by atoms with Gasteiger partial charge < -0.3 is 9.80 Å². The van der Waals surface area contributed by atoms with Gasteiger partial charge >= 0.3 is 0 Å². The Morgan fingerprint density at radius 2 is 1.87 bits per heavy atom. The summed E-state index contributed by atoms with van der Waals surface area (Å²) in [6.45, 7) is 0.799. The van der Waals surface area contributed by atoms with Gasteiger partial charge in [-0.3, -0.25) is 9.59 Å². The van der Waals surface area contributed by atoms with Gasteiger partial charge in [0.05, 0.1) is 5.41 Å². The van der Waals surface area contributed by atoms with Gasteiger partial charge in [0.2, 0.25) is 5.91 Å². The fraction of sp³-hybridized carbons (Fsp3) is 0.280. The van der Waals surface area contributed by atoms with Gasteiger partial charge in [0.1, 0.15) is 5.82 Å². The minimum atomic E-state index is -0.684. The Hall–Kier alpha value is -2.99. The molecule has 1 aliphatic heterocycles. The first-order valence-corrected chi connectivity index (χ1v) is 11.2. The predicted molar refractivity (Wildman–Crippen MR) is 122 cm³/mol. The second-order valence-corrected chi connectivity index (χ2v) is 9.13. The molecule has 1 unspecified atom stereocenters. The van der Waals surface area contributed by atoms with E-state index in [4.69, 9.17) is 0 Å². The third kappa shape index (κ3) is 4.39. The highest BCUT2D eigenvalue weighted by atomic mass is 32.1. The fourth-order valence-electron chi connectivity index (χ4n) is 4.35. The van der Waals surface area contributed by atoms with Gasteiger partial charge in [0.15, 0.2) is 0 Å². The fourth-order valence-corrected chi connectivity index (χ4v) is 5.02. The number of benzene rings is 2. The van der Waals surface area contributed by atoms with Crippen LogP contribution in [0.4, 0.5) is 4.39 Å². The van der Waals surface area contributed by atoms with Crippen LogP contribution in [0.1, 0.15) is 22.3 Å². The minimum Gasteiger partial charge on any atom is -0.348 e. The SMILES string of the molecule is CN(C)C(=O)C1(Cc2ccc(-c3ccsc3)cc2)CCN(C(=O)c2cccc(F)c2)C1. The summed E-state index contributed by atoms with van der Waals surface area (Å²) in [5.74, 6) is -0.656. The molecule has 6 heteroatoms. The van der Waals surface area contributed by atoms with Gasteiger partial charge in [-0.15, -0.1) is 0 Å². The van der Waals surface area contributed by atoms with Crippen molar-refractivity contribution in [2.24, 2.45) is 5.41 Å². The number of thiophene rings is 1. The molecule has 1 atom stereocenters. The molecule has 2 aromatic carbocycles. The van der Waals surface area contributed by atoms with Crippen molar-refractivity contribution in [2.45, 2.75) is 12.8 Å². The molecule has 1 aliphatic rings. The van der Waals surface area contributed by atoms with E-state index >= 15 is 0 Å². The molecule has 2 heterocycles. The number of hydrogen-bond acceptors (Lipinski definition) is 3. The Balaban J connectivity index is 1.57. The van der Waals surface area contributed by atoms with E-state index < -0.39 is 11.2 Å². The number of rotatable bonds is 5. The summed E-state index contributed by atoms with van der Waals surface area (Å²) in [4.78, 5) is 29.4. The standard InChI is InChI=1S/C25H25FN2O2S/c1-27(2)24(30)25(15-18-6-8-19(9-7-18)21-10-13-31-16-21)11-12-28(17-25)23(29)20-4-3-5-22(26)14-20/h3-10,13-14,16H,11-12,15,17H2,1-2H3. The maximum absolute atomic E-state index is 13.6. The zero-order chi connectivity index (χ0) is 22.0. The molecule has 1 fully saturated rings. The topological polar surface area (TPSA) is 40.6 Å². The molecule has 0 radical (unpaired) electrons. The monoisotopic (exact) mass is 436 g/mol. The lowest BCUT2D eigenvalue weighted by Crippen LogP contribution is -2.44. The van der Waals surface area contributed by atoms with Crippen LogP contribution in [0.5, 0.6) is 0 Å². The minimum absolute atomic E-state index is 0.0175. The second kappa shape index (κ2) is 8.63. The lowest BCUT2D eigenvalue weighted by Gasteiger charge is -2.31. The molecule has 4 nitrogen and oxygen atoms in total. The van der Waals surface area contributed by atoms with Gasteiger partial charge in [-0.2, -0.15) is 11.3 Å². The zero-order valence-electron chi connectivity index (χ0n) is 17.7. The van der Waals surface area contributed by atoms with Crippen molar-refractivity contribution in [2.75, 3.05) is 27.2 Å². The molecule has 160 valence electrons. The van der Waals surface area contributed by atoms with Crippen molar-refractivity contribution in [3.05, 3.63) is 82.3 Å². The number of carbonyl (C=O) groups excluding carboxylic acids is 2. The molecule has 2 amide bonds. The third-order valence-electron chi connectivity index (χ3n) is 5.92. The maximum Gasteiger partial charge on any atom is 0.253 e. The number of carbonyl (C=O) groups is 2. The number of likely N-dealkylation sites (tertiary alicyclic amines) is 1. The van der Waals surface area contributed by atoms with Gasteiger partial charge in [0, 0.05) is 32.7 Å². The normalized spacial score (nSPS) is 18.2. The molecule has 0 bridgehead atoms. The summed E-state index contributed by atoms with van der Waals surface area (Å²) in [7, 11) is 3.50. The summed E-state index contributed by atoms with van der Waals surface area (Å²) in [6.07, 6.45) is 1.14. The van der Waals surface area contributed by atoms with Crippen LogP contribution >= 0.6 is 11.3 Å². The van der Waals surface area contributed by atoms with Crippen LogP contribution in [0.2, 0.25) is 0 Å². The molecule has 4 rings (SSSR count). The van der Waals surface area contributed by atoms with Gasteiger partial charge in [0.25, 0.3) is 5.91 Å². The van der Waals surface area contributed by atoms with E-state index in [1.807, 2.05) is 0 Å². The highest BCUT2D eigenvalue weighted by molar-refractivity contribution is 7.08. The largest absolute Gasteiger partial charge is 0.348 e. The van der Waals surface area contributed by atoms with Gasteiger partial charge in [-0.25, -0.2) is 4.39 Å². The highest BCUT2D eigenvalue weighted by Crippen LogP contribution is 2.37. The maximum atomic E-state index is 13.6. The summed E-state index contributed by atoms with van der Waals surface area (Å²) >= 11 is 1.66. The molecule has 1 aromatic heterocycles. The number of amides is 2. The summed E-state index contributed by atoms with van der Waals surface area (Å²) in [5.41, 5.74) is 3.02. The van der Waals surface area contributed by atoms with Gasteiger partial charge in [-0.05, 0) is 64.6 Å². The van der Waals surface area contributed by atoms with Crippen LogP contribution in [0.25, 0.3) is 11.1 Å². The van der Waals surface area contributed by atoms with Crippen LogP contribution in [0.3, 0.4) is 0 Å². The summed E-state index contributed by atoms with van der Waals surface area (Å²) in [5, 5.41) is 4.16. The van der Waals surface area contributed by atoms with Crippen LogP contribution in [0.15, 0.2) is 65.4 Å². The van der Waals surface area contributed by atoms with Crippen LogP contribution in [-0.4, -0.2) is 48.8 Å². The van der Waals surface area contributed by atoms with E-state index in [2.05, 4.69) is 41.1 Å². The zero-order valence-corrected chi connectivity index (χ0v) is 18.5. The summed E-state index contributed by atoms with van der Waals surface area (Å²) < 4.78 is 13.6. The Labute approximate surface area is 185 Å². The third-order valence-corrected chi connectivity index (χ3v) is 6.61. The van der Waals surface area contributed by atoms with E-state index in [0.717, 1.165) is 11.1 Å². The van der Waals surface area contributed by atoms with Crippen molar-refractivity contribution in [3.8, 4) is 11.1 Å². The number of hydrogen-bond donors (Lipinski definition) is 0. The molecule has 3 aromatic rings. The average molecular weight is 437 g/mol. The first kappa shape index (κ1) is 21.2. The smallest absolute Gasteiger partial charge is 0.253 e. The van der Waals surface area contributed by atoms with Crippen molar-refractivity contribution in [1.29, 1.82) is 0 Å². The molecular formula is C25H25FN2O2S. The number of nitrogens with zero attached hydrogens (tertiary/aromatic N) is 2. The second-order valence-electron chi connectivity index (χ2n) is 8.35. The Morgan fingerprint density at radius 3 is 2.52 bits per heavy atom. The van der Waals surface area contributed by atoms with E-state index in [1.54, 1.807) is 41.3 Å². The number of halogens is 1. The van der Waals surface area contributed by atoms with Crippen LogP contribution < -0.4 is 0 Å². The van der Waals surface area contributed by atoms with Crippen molar-refractivity contribution in [3.63, 3.8) is 0 Å². The average Bonchev–Trinajstić information content (AvgIpc) is 3.44. The highest BCUT2D eigenvalue weighted by Gasteiger charge is 2.46. The van der Waals surface area contributed by atoms with E-state index in [-0.39, 0.29) is 11.8 Å². The van der Waals surface area contributed by atoms with Crippen molar-refractivity contribution in [1.82, 2.24) is 9.80 Å². The molecule has 31 heavy (non-hydrogen) atoms. The predicted octanol–water partition coefficient (Wildman–Crippen LogP) is 4.72. The molecule has 0 N–H and O–H groups in total. The lowest BCUT2D eigenvalue weighted by atomic mass is 9.79. The Kier molecular flexibility index (Phi) is 5.92. The lowest BCUT2D eigenvalue weighted by molar-refractivity contribution is -0.138. The van der Waals surface area contributed by atoms with Crippen molar-refractivity contribution >= 4 is 23.2 Å². The first-order chi connectivity index (χ1) is 14.9. The summed E-state index contributed by atoms with van der Waals surface area (Å²) in [6, 6.07) is 16.1. The molecule has 1 saturated heterocycles. The first-order valence-electron chi connectivity index (χ1n) is 10.3. The Bertz CT molecular complexity index is 1080. The van der Waals surface area contributed by atoms with Crippen LogP contribution in [-0.2, 0) is 11.2 Å². The van der Waals surface area contributed by atoms with E-state index in [0.29, 0.717) is 31.5 Å². The quantitative estimate of drug-likeness (QED) is 0.581. The van der Waals surface area contributed by atoms with E-state index in [9.17, 15) is 14.0 Å². The molecular weight excluding hydrogens is 411 g/mol. The molecule has 0 saturated carbocycles.